The number of fused-ring (bicyclic) bond motifs is 1. The maximum Gasteiger partial charge on any atom is 0.228 e. The normalized spacial score (nSPS) is 19.1. The Morgan fingerprint density at radius 1 is 1.10 bits per heavy atom. The molecule has 0 aliphatic carbocycles. The predicted octanol–water partition coefficient (Wildman–Crippen LogP) is 3.95. The summed E-state index contributed by atoms with van der Waals surface area (Å²) in [6.45, 7) is 1.42. The molecule has 1 atom stereocenters. The Morgan fingerprint density at radius 3 is 2.55 bits per heavy atom. The van der Waals surface area contributed by atoms with Crippen LogP contribution in [0.2, 0.25) is 10.0 Å². The highest BCUT2D eigenvalue weighted by Gasteiger charge is 2.33. The molecule has 1 amide bonds. The number of piperidine rings is 1. The molecule has 7 nitrogen and oxygen atoms in total. The zero-order valence-corrected chi connectivity index (χ0v) is 19.0. The fourth-order valence-electron chi connectivity index (χ4n) is 3.72. The number of hydrogen-bond donors (Lipinski definition) is 1. The number of nitrogens with one attached hydrogen (secondary N) is 1. The van der Waals surface area contributed by atoms with Crippen molar-refractivity contribution in [3.63, 3.8) is 0 Å². The number of ether oxygens (including phenoxy) is 2. The van der Waals surface area contributed by atoms with Crippen molar-refractivity contribution >= 4 is 44.8 Å². The summed E-state index contributed by atoms with van der Waals surface area (Å²) in [5.41, 5.74) is 0.950. The highest BCUT2D eigenvalue weighted by molar-refractivity contribution is 7.88. The van der Waals surface area contributed by atoms with Gasteiger partial charge in [-0.05, 0) is 37.1 Å². The van der Waals surface area contributed by atoms with E-state index < -0.39 is 15.9 Å². The molecule has 2 aliphatic heterocycles. The summed E-state index contributed by atoms with van der Waals surface area (Å²) in [5.74, 6) is 0.221. The summed E-state index contributed by atoms with van der Waals surface area (Å²) in [5, 5.41) is 3.48. The van der Waals surface area contributed by atoms with E-state index in [0.717, 1.165) is 0 Å². The van der Waals surface area contributed by atoms with Gasteiger partial charge < -0.3 is 14.8 Å². The van der Waals surface area contributed by atoms with Crippen molar-refractivity contribution in [2.24, 2.45) is 5.92 Å². The minimum absolute atomic E-state index is 0.112. The zero-order valence-electron chi connectivity index (χ0n) is 16.6. The molecular weight excluding hydrogens is 463 g/mol. The third-order valence-corrected chi connectivity index (χ3v) is 7.83. The molecule has 0 aromatic heterocycles. The first-order valence-electron chi connectivity index (χ1n) is 9.95. The molecule has 2 heterocycles. The molecule has 0 spiro atoms. The van der Waals surface area contributed by atoms with Crippen LogP contribution in [0.3, 0.4) is 0 Å². The maximum atomic E-state index is 13.0. The van der Waals surface area contributed by atoms with Crippen LogP contribution in [-0.4, -0.2) is 44.9 Å². The topological polar surface area (TPSA) is 84.9 Å². The maximum absolute atomic E-state index is 13.0. The van der Waals surface area contributed by atoms with E-state index in [4.69, 9.17) is 32.7 Å². The number of nitrogens with zero attached hydrogens (tertiary/aromatic N) is 1. The molecule has 2 aromatic rings. The molecule has 166 valence electrons. The lowest BCUT2D eigenvalue weighted by atomic mass is 9.98. The van der Waals surface area contributed by atoms with Crippen LogP contribution >= 0.6 is 23.2 Å². The predicted molar refractivity (Wildman–Crippen MR) is 119 cm³/mol. The van der Waals surface area contributed by atoms with Crippen LogP contribution in [0.5, 0.6) is 11.5 Å². The van der Waals surface area contributed by atoms with E-state index in [1.54, 1.807) is 36.4 Å². The van der Waals surface area contributed by atoms with Crippen molar-refractivity contribution in [2.75, 3.05) is 31.6 Å². The van der Waals surface area contributed by atoms with Gasteiger partial charge in [-0.3, -0.25) is 4.79 Å². The number of amides is 1. The van der Waals surface area contributed by atoms with Crippen LogP contribution in [0.25, 0.3) is 0 Å². The van der Waals surface area contributed by atoms with E-state index in [1.807, 2.05) is 0 Å². The number of hydrogen-bond acceptors (Lipinski definition) is 5. The summed E-state index contributed by atoms with van der Waals surface area (Å²) < 4.78 is 38.4. The van der Waals surface area contributed by atoms with Crippen LogP contribution < -0.4 is 14.8 Å². The Hall–Kier alpha value is -2.00. The fourth-order valence-corrected chi connectivity index (χ4v) is 6.08. The number of carbonyl (C=O) groups excluding carboxylic acids is 1. The van der Waals surface area contributed by atoms with E-state index in [2.05, 4.69) is 5.32 Å². The van der Waals surface area contributed by atoms with Gasteiger partial charge in [0.25, 0.3) is 0 Å². The van der Waals surface area contributed by atoms with Gasteiger partial charge in [-0.15, -0.1) is 0 Å². The third kappa shape index (κ3) is 5.09. The minimum Gasteiger partial charge on any atom is -0.486 e. The number of halogens is 2. The smallest absolute Gasteiger partial charge is 0.228 e. The molecule has 31 heavy (non-hydrogen) atoms. The molecule has 1 saturated heterocycles. The van der Waals surface area contributed by atoms with Gasteiger partial charge in [0.15, 0.2) is 11.5 Å². The lowest BCUT2D eigenvalue weighted by Crippen LogP contribution is -2.44. The van der Waals surface area contributed by atoms with Gasteiger partial charge in [0.1, 0.15) is 13.2 Å². The molecule has 0 radical (unpaired) electrons. The van der Waals surface area contributed by atoms with Crippen LogP contribution in [0.1, 0.15) is 18.4 Å². The van der Waals surface area contributed by atoms with E-state index in [-0.39, 0.29) is 18.2 Å². The first kappa shape index (κ1) is 22.2. The first-order chi connectivity index (χ1) is 14.8. The molecule has 0 saturated carbocycles. The summed E-state index contributed by atoms with van der Waals surface area (Å²) in [6.07, 6.45) is 1.20. The summed E-state index contributed by atoms with van der Waals surface area (Å²) in [6, 6.07) is 10.1. The molecule has 4 rings (SSSR count). The molecule has 0 bridgehead atoms. The average molecular weight is 485 g/mol. The molecule has 1 fully saturated rings. The Morgan fingerprint density at radius 2 is 1.81 bits per heavy atom. The van der Waals surface area contributed by atoms with Crippen molar-refractivity contribution in [3.05, 3.63) is 52.0 Å². The lowest BCUT2D eigenvalue weighted by molar-refractivity contribution is -0.120. The summed E-state index contributed by atoms with van der Waals surface area (Å²) >= 11 is 12.3. The van der Waals surface area contributed by atoms with Crippen LogP contribution in [-0.2, 0) is 20.6 Å². The molecule has 10 heteroatoms. The van der Waals surface area contributed by atoms with Crippen LogP contribution in [0, 0.1) is 5.92 Å². The van der Waals surface area contributed by atoms with Crippen molar-refractivity contribution < 1.29 is 22.7 Å². The summed E-state index contributed by atoms with van der Waals surface area (Å²) in [4.78, 5) is 12.8. The average Bonchev–Trinajstić information content (AvgIpc) is 2.76. The highest BCUT2D eigenvalue weighted by Crippen LogP contribution is 2.33. The van der Waals surface area contributed by atoms with Crippen molar-refractivity contribution in [1.29, 1.82) is 0 Å². The Labute approximate surface area is 191 Å². The van der Waals surface area contributed by atoms with E-state index >= 15 is 0 Å². The second-order valence-electron chi connectivity index (χ2n) is 7.50. The monoisotopic (exact) mass is 484 g/mol. The first-order valence-corrected chi connectivity index (χ1v) is 12.3. The molecule has 1 N–H and O–H groups in total. The number of carbonyl (C=O) groups is 1. The van der Waals surface area contributed by atoms with Gasteiger partial charge in [0, 0.05) is 40.5 Å². The third-order valence-electron chi connectivity index (χ3n) is 5.35. The van der Waals surface area contributed by atoms with E-state index in [0.29, 0.717) is 65.4 Å². The number of sulfonamides is 1. The molecule has 2 aliphatic rings. The van der Waals surface area contributed by atoms with E-state index in [9.17, 15) is 13.2 Å². The molecular formula is C21H22Cl2N2O5S. The fraction of sp³-hybridized carbons (Fsp3) is 0.381. The minimum atomic E-state index is -3.68. The SMILES string of the molecule is O=C(Nc1ccc2c(c1)OCCO2)[C@H]1CCCN(S(=O)(=O)Cc2c(Cl)cccc2Cl)C1. The lowest BCUT2D eigenvalue weighted by Gasteiger charge is -2.31. The van der Waals surface area contributed by atoms with Gasteiger partial charge in [0.05, 0.1) is 11.7 Å². The Bertz CT molecular complexity index is 1070. The second-order valence-corrected chi connectivity index (χ2v) is 10.3. The number of anilines is 1. The molecule has 0 unspecified atom stereocenters. The second kappa shape index (κ2) is 9.24. The van der Waals surface area contributed by atoms with E-state index in [1.165, 1.54) is 4.31 Å². The van der Waals surface area contributed by atoms with Gasteiger partial charge in [0.2, 0.25) is 15.9 Å². The van der Waals surface area contributed by atoms with Gasteiger partial charge in [-0.25, -0.2) is 12.7 Å². The standard InChI is InChI=1S/C21H22Cl2N2O5S/c22-17-4-1-5-18(23)16(17)13-31(27,28)25-8-2-3-14(12-25)21(26)24-15-6-7-19-20(11-15)30-10-9-29-19/h1,4-7,11,14H,2-3,8-10,12-13H2,(H,24,26)/t14-/m0/s1. The number of rotatable bonds is 5. The van der Waals surface area contributed by atoms with Gasteiger partial charge in [-0.2, -0.15) is 0 Å². The summed E-state index contributed by atoms with van der Waals surface area (Å²) in [7, 11) is -3.68. The van der Waals surface area contributed by atoms with Gasteiger partial charge in [-0.1, -0.05) is 29.3 Å². The van der Waals surface area contributed by atoms with Crippen molar-refractivity contribution in [1.82, 2.24) is 4.31 Å². The van der Waals surface area contributed by atoms with Crippen LogP contribution in [0.15, 0.2) is 36.4 Å². The van der Waals surface area contributed by atoms with Crippen molar-refractivity contribution in [2.45, 2.75) is 18.6 Å². The molecule has 2 aromatic carbocycles. The van der Waals surface area contributed by atoms with Crippen LogP contribution in [0.4, 0.5) is 5.69 Å². The Kier molecular flexibility index (Phi) is 6.62. The van der Waals surface area contributed by atoms with Gasteiger partial charge >= 0.3 is 0 Å². The van der Waals surface area contributed by atoms with Crippen molar-refractivity contribution in [3.8, 4) is 11.5 Å². The largest absolute Gasteiger partial charge is 0.486 e. The highest BCUT2D eigenvalue weighted by atomic mass is 35.5. The Balaban J connectivity index is 1.43. The quantitative estimate of drug-likeness (QED) is 0.694. The number of benzene rings is 2. The zero-order chi connectivity index (χ0) is 22.0.